The normalized spacial score (nSPS) is 15.9. The summed E-state index contributed by atoms with van der Waals surface area (Å²) in [6.45, 7) is 4.61. The van der Waals surface area contributed by atoms with Crippen LogP contribution in [0.4, 0.5) is 15.8 Å². The molecule has 10 rings (SSSR count). The number of anilines is 2. The number of carbonyl (C=O) groups is 2. The van der Waals surface area contributed by atoms with Gasteiger partial charge in [-0.15, -0.1) is 15.3 Å². The van der Waals surface area contributed by atoms with Gasteiger partial charge >= 0.3 is 0 Å². The van der Waals surface area contributed by atoms with Crippen molar-refractivity contribution in [2.45, 2.75) is 19.0 Å². The van der Waals surface area contributed by atoms with Crippen molar-refractivity contribution in [2.24, 2.45) is 0 Å². The molecule has 57 heavy (non-hydrogen) atoms. The SMILES string of the molecule is CNc1c(C(=O)N2CCCN(C)CC2)c2nc3ccc(CNc4c(C(=O)NC5CN(C)C5)c5nc6ccccc6n5c5nnc(F)cc45)cc3n2c2nnccc12. The first kappa shape index (κ1) is 34.9. The number of hydrogen-bond acceptors (Lipinski definition) is 12. The number of imidazole rings is 2. The Morgan fingerprint density at radius 2 is 1.54 bits per heavy atom. The van der Waals surface area contributed by atoms with E-state index in [2.05, 4.69) is 53.2 Å². The number of aromatic nitrogens is 8. The van der Waals surface area contributed by atoms with E-state index in [1.807, 2.05) is 64.9 Å². The van der Waals surface area contributed by atoms with Crippen LogP contribution in [0.5, 0.6) is 0 Å². The predicted molar refractivity (Wildman–Crippen MR) is 215 cm³/mol. The summed E-state index contributed by atoms with van der Waals surface area (Å²) in [5, 5.41) is 27.8. The van der Waals surface area contributed by atoms with E-state index in [1.165, 1.54) is 6.07 Å². The quantitative estimate of drug-likeness (QED) is 0.215. The average Bonchev–Trinajstić information content (AvgIpc) is 3.70. The first-order valence-corrected chi connectivity index (χ1v) is 19.0. The van der Waals surface area contributed by atoms with Gasteiger partial charge < -0.3 is 30.7 Å². The molecular weight excluding hydrogens is 728 g/mol. The Balaban J connectivity index is 1.11. The second-order valence-corrected chi connectivity index (χ2v) is 15.0. The number of halogens is 1. The molecule has 2 amide bonds. The summed E-state index contributed by atoms with van der Waals surface area (Å²) in [5.41, 5.74) is 7.17. The molecule has 0 bridgehead atoms. The summed E-state index contributed by atoms with van der Waals surface area (Å²) in [4.78, 5) is 44.9. The van der Waals surface area contributed by atoms with E-state index in [0.29, 0.717) is 82.1 Å². The minimum absolute atomic E-state index is 0.0425. The summed E-state index contributed by atoms with van der Waals surface area (Å²) < 4.78 is 18.7. The predicted octanol–water partition coefficient (Wildman–Crippen LogP) is 3.79. The topological polar surface area (TPSA) is 166 Å². The van der Waals surface area contributed by atoms with E-state index in [1.54, 1.807) is 17.6 Å². The number of carbonyl (C=O) groups excluding carboxylic acids is 2. The van der Waals surface area contributed by atoms with Crippen LogP contribution in [0.2, 0.25) is 0 Å². The summed E-state index contributed by atoms with van der Waals surface area (Å²) in [6, 6.07) is 16.5. The van der Waals surface area contributed by atoms with Gasteiger partial charge in [-0.2, -0.15) is 9.49 Å². The van der Waals surface area contributed by atoms with Crippen molar-refractivity contribution in [1.29, 1.82) is 0 Å². The van der Waals surface area contributed by atoms with Gasteiger partial charge in [0, 0.05) is 63.2 Å². The molecule has 2 aliphatic rings. The highest BCUT2D eigenvalue weighted by Gasteiger charge is 2.31. The smallest absolute Gasteiger partial charge is 0.259 e. The monoisotopic (exact) mass is 766 g/mol. The zero-order valence-corrected chi connectivity index (χ0v) is 31.6. The van der Waals surface area contributed by atoms with Gasteiger partial charge in [0.25, 0.3) is 11.8 Å². The van der Waals surface area contributed by atoms with Gasteiger partial charge in [0.05, 0.1) is 45.7 Å². The number of nitrogens with zero attached hydrogens (tertiary/aromatic N) is 11. The van der Waals surface area contributed by atoms with E-state index < -0.39 is 5.95 Å². The minimum Gasteiger partial charge on any atom is -0.387 e. The maximum Gasteiger partial charge on any atom is 0.259 e. The number of rotatable bonds is 7. The minimum atomic E-state index is -0.778. The molecule has 0 saturated carbocycles. The molecule has 17 heteroatoms. The fourth-order valence-corrected chi connectivity index (χ4v) is 8.42. The Morgan fingerprint density at radius 1 is 0.772 bits per heavy atom. The number of amides is 2. The van der Waals surface area contributed by atoms with Crippen LogP contribution >= 0.6 is 0 Å². The summed E-state index contributed by atoms with van der Waals surface area (Å²) in [6.07, 6.45) is 2.49. The molecule has 8 aromatic rings. The highest BCUT2D eigenvalue weighted by atomic mass is 19.1. The van der Waals surface area contributed by atoms with Crippen molar-refractivity contribution in [1.82, 2.24) is 59.2 Å². The number of likely N-dealkylation sites (tertiary alicyclic amines) is 1. The van der Waals surface area contributed by atoms with Crippen LogP contribution in [0, 0.1) is 5.95 Å². The van der Waals surface area contributed by atoms with E-state index in [-0.39, 0.29) is 30.0 Å². The van der Waals surface area contributed by atoms with Gasteiger partial charge in [-0.3, -0.25) is 18.4 Å². The standard InChI is InChI=1S/C40H39FN14O2/c1-42-33-24-11-12-44-49-35(24)55-29-17-22(9-10-27(29)47-38(55)32(33)40(57)53-14-6-13-51(2)15-16-53)19-43-34-25-18-30(41)48-50-36(25)54-28-8-5-4-7-26(28)46-37(54)31(34)39(56)45-23-20-52(3)21-23/h4-5,7-12,17-18,23,42-43H,6,13-16,19-21H2,1-3H3,(H,45,56). The largest absolute Gasteiger partial charge is 0.387 e. The lowest BCUT2D eigenvalue weighted by molar-refractivity contribution is 0.0764. The molecule has 8 heterocycles. The van der Waals surface area contributed by atoms with Crippen molar-refractivity contribution in [2.75, 3.05) is 71.0 Å². The highest BCUT2D eigenvalue weighted by Crippen LogP contribution is 2.36. The van der Waals surface area contributed by atoms with Crippen LogP contribution in [-0.4, -0.2) is 132 Å². The fourth-order valence-electron chi connectivity index (χ4n) is 8.42. The molecule has 0 radical (unpaired) electrons. The number of fused-ring (bicyclic) bond motifs is 10. The van der Waals surface area contributed by atoms with E-state index >= 15 is 0 Å². The molecule has 0 aliphatic carbocycles. The zero-order chi connectivity index (χ0) is 38.9. The molecule has 2 saturated heterocycles. The third-order valence-corrected chi connectivity index (χ3v) is 11.2. The van der Waals surface area contributed by atoms with Crippen molar-refractivity contribution in [3.63, 3.8) is 0 Å². The van der Waals surface area contributed by atoms with Gasteiger partial charge in [0.2, 0.25) is 5.95 Å². The number of pyridine rings is 2. The Labute approximate surface area is 324 Å². The molecule has 6 aromatic heterocycles. The molecule has 0 atom stereocenters. The van der Waals surface area contributed by atoms with Crippen LogP contribution in [0.15, 0.2) is 60.8 Å². The molecule has 2 fully saturated rings. The zero-order valence-electron chi connectivity index (χ0n) is 31.6. The Morgan fingerprint density at radius 3 is 2.37 bits per heavy atom. The lowest BCUT2D eigenvalue weighted by Gasteiger charge is -2.36. The third kappa shape index (κ3) is 5.71. The average molecular weight is 767 g/mol. The van der Waals surface area contributed by atoms with Crippen LogP contribution in [-0.2, 0) is 6.54 Å². The van der Waals surface area contributed by atoms with Crippen molar-refractivity contribution in [3.8, 4) is 0 Å². The van der Waals surface area contributed by atoms with Gasteiger partial charge in [0.1, 0.15) is 11.1 Å². The lowest BCUT2D eigenvalue weighted by atomic mass is 10.1. The van der Waals surface area contributed by atoms with Gasteiger partial charge in [0.15, 0.2) is 22.6 Å². The van der Waals surface area contributed by atoms with E-state index in [0.717, 1.165) is 41.5 Å². The van der Waals surface area contributed by atoms with Crippen LogP contribution in [0.1, 0.15) is 32.7 Å². The van der Waals surface area contributed by atoms with Crippen LogP contribution in [0.25, 0.3) is 55.4 Å². The number of likely N-dealkylation sites (N-methyl/N-ethyl adjacent to an activating group) is 2. The first-order valence-electron chi connectivity index (χ1n) is 19.0. The molecule has 3 N–H and O–H groups in total. The molecule has 0 spiro atoms. The van der Waals surface area contributed by atoms with Crippen molar-refractivity contribution in [3.05, 3.63) is 83.4 Å². The van der Waals surface area contributed by atoms with Gasteiger partial charge in [-0.25, -0.2) is 9.97 Å². The summed E-state index contributed by atoms with van der Waals surface area (Å²) >= 11 is 0. The molecule has 2 aliphatic heterocycles. The lowest BCUT2D eigenvalue weighted by Crippen LogP contribution is -2.57. The molecular formula is C40H39FN14O2. The number of nitrogens with one attached hydrogen (secondary N) is 3. The van der Waals surface area contributed by atoms with Crippen molar-refractivity contribution >= 4 is 78.6 Å². The van der Waals surface area contributed by atoms with E-state index in [9.17, 15) is 14.0 Å². The first-order chi connectivity index (χ1) is 27.8. The van der Waals surface area contributed by atoms with Gasteiger partial charge in [-0.05, 0) is 63.0 Å². The molecule has 0 unspecified atom stereocenters. The third-order valence-electron chi connectivity index (χ3n) is 11.2. The maximum absolute atomic E-state index is 15.0. The Bertz CT molecular complexity index is 2940. The maximum atomic E-state index is 15.0. The molecule has 2 aromatic carbocycles. The van der Waals surface area contributed by atoms with Crippen LogP contribution in [0.3, 0.4) is 0 Å². The Hall–Kier alpha value is -6.59. The highest BCUT2D eigenvalue weighted by molar-refractivity contribution is 6.15. The second kappa shape index (κ2) is 13.6. The van der Waals surface area contributed by atoms with E-state index in [4.69, 9.17) is 9.97 Å². The number of para-hydroxylation sites is 2. The summed E-state index contributed by atoms with van der Waals surface area (Å²) in [5.74, 6) is -1.20. The second-order valence-electron chi connectivity index (χ2n) is 15.0. The number of hydrogen-bond donors (Lipinski definition) is 3. The van der Waals surface area contributed by atoms with Gasteiger partial charge in [-0.1, -0.05) is 18.2 Å². The molecule has 288 valence electrons. The molecule has 16 nitrogen and oxygen atoms in total. The Kier molecular flexibility index (Phi) is 8.29. The number of benzene rings is 2. The summed E-state index contributed by atoms with van der Waals surface area (Å²) in [7, 11) is 5.87. The fraction of sp³-hybridized carbons (Fsp3) is 0.300. The van der Waals surface area contributed by atoms with Crippen LogP contribution < -0.4 is 16.0 Å². The van der Waals surface area contributed by atoms with Crippen molar-refractivity contribution < 1.29 is 14.0 Å².